The Morgan fingerprint density at radius 1 is 1.60 bits per heavy atom. The zero-order valence-corrected chi connectivity index (χ0v) is 10.4. The van der Waals surface area contributed by atoms with Crippen molar-refractivity contribution in [3.05, 3.63) is 12.4 Å². The lowest BCUT2D eigenvalue weighted by atomic mass is 10.2. The SMILES string of the molecule is CC1CC(Nc2cnn(C(C)C)c2)CS1. The third kappa shape index (κ3) is 2.68. The Kier molecular flexibility index (Phi) is 3.24. The molecule has 0 bridgehead atoms. The molecule has 0 saturated carbocycles. The van der Waals surface area contributed by atoms with E-state index in [1.165, 1.54) is 12.2 Å². The van der Waals surface area contributed by atoms with Crippen molar-refractivity contribution in [1.82, 2.24) is 9.78 Å². The molecule has 0 aromatic carbocycles. The van der Waals surface area contributed by atoms with Crippen LogP contribution in [0.15, 0.2) is 12.4 Å². The summed E-state index contributed by atoms with van der Waals surface area (Å²) in [5.41, 5.74) is 1.16. The molecule has 3 nitrogen and oxygen atoms in total. The molecule has 0 spiro atoms. The topological polar surface area (TPSA) is 29.9 Å². The number of nitrogens with one attached hydrogen (secondary N) is 1. The molecule has 2 atom stereocenters. The van der Waals surface area contributed by atoms with Crippen LogP contribution in [0.1, 0.15) is 33.2 Å². The first-order valence-electron chi connectivity index (χ1n) is 5.57. The second kappa shape index (κ2) is 4.47. The Morgan fingerprint density at radius 2 is 2.40 bits per heavy atom. The van der Waals surface area contributed by atoms with Crippen molar-refractivity contribution in [2.75, 3.05) is 11.1 Å². The van der Waals surface area contributed by atoms with E-state index in [-0.39, 0.29) is 0 Å². The first kappa shape index (κ1) is 10.9. The zero-order chi connectivity index (χ0) is 10.8. The predicted octanol–water partition coefficient (Wildman–Crippen LogP) is 2.77. The first-order chi connectivity index (χ1) is 7.15. The molecule has 4 heteroatoms. The van der Waals surface area contributed by atoms with E-state index in [9.17, 15) is 0 Å². The number of hydrogen-bond donors (Lipinski definition) is 1. The summed E-state index contributed by atoms with van der Waals surface area (Å²) in [6.07, 6.45) is 5.28. The van der Waals surface area contributed by atoms with Crippen LogP contribution in [0.4, 0.5) is 5.69 Å². The third-order valence-corrected chi connectivity index (χ3v) is 4.06. The van der Waals surface area contributed by atoms with E-state index in [1.807, 2.05) is 22.6 Å². The zero-order valence-electron chi connectivity index (χ0n) is 9.60. The highest BCUT2D eigenvalue weighted by atomic mass is 32.2. The van der Waals surface area contributed by atoms with Gasteiger partial charge in [-0.3, -0.25) is 4.68 Å². The van der Waals surface area contributed by atoms with E-state index in [1.54, 1.807) is 0 Å². The van der Waals surface area contributed by atoms with Crippen molar-refractivity contribution < 1.29 is 0 Å². The monoisotopic (exact) mass is 225 g/mol. The summed E-state index contributed by atoms with van der Waals surface area (Å²) in [5, 5.41) is 8.66. The van der Waals surface area contributed by atoms with Crippen LogP contribution in [0.25, 0.3) is 0 Å². The van der Waals surface area contributed by atoms with E-state index in [2.05, 4.69) is 37.4 Å². The average Bonchev–Trinajstić information content (AvgIpc) is 2.76. The molecule has 15 heavy (non-hydrogen) atoms. The van der Waals surface area contributed by atoms with Gasteiger partial charge in [0, 0.05) is 29.3 Å². The molecule has 1 aromatic heterocycles. The fourth-order valence-electron chi connectivity index (χ4n) is 1.85. The summed E-state index contributed by atoms with van der Waals surface area (Å²) in [6.45, 7) is 6.58. The average molecular weight is 225 g/mol. The van der Waals surface area contributed by atoms with Crippen LogP contribution in [0.3, 0.4) is 0 Å². The Balaban J connectivity index is 1.93. The summed E-state index contributed by atoms with van der Waals surface area (Å²) in [6, 6.07) is 1.06. The molecule has 1 aliphatic rings. The number of nitrogens with zero attached hydrogens (tertiary/aromatic N) is 2. The van der Waals surface area contributed by atoms with Gasteiger partial charge < -0.3 is 5.32 Å². The molecule has 2 unspecified atom stereocenters. The predicted molar refractivity (Wildman–Crippen MR) is 66.6 cm³/mol. The number of thioether (sulfide) groups is 1. The van der Waals surface area contributed by atoms with Gasteiger partial charge >= 0.3 is 0 Å². The number of aromatic nitrogens is 2. The largest absolute Gasteiger partial charge is 0.379 e. The van der Waals surface area contributed by atoms with Crippen LogP contribution < -0.4 is 5.32 Å². The molecule has 0 amide bonds. The minimum absolute atomic E-state index is 0.442. The van der Waals surface area contributed by atoms with Gasteiger partial charge in [-0.15, -0.1) is 0 Å². The molecule has 84 valence electrons. The Hall–Kier alpha value is -0.640. The lowest BCUT2D eigenvalue weighted by molar-refractivity contribution is 0.532. The molecule has 0 radical (unpaired) electrons. The summed E-state index contributed by atoms with van der Waals surface area (Å²) >= 11 is 2.05. The number of rotatable bonds is 3. The van der Waals surface area contributed by atoms with Gasteiger partial charge in [-0.25, -0.2) is 0 Å². The molecule has 2 rings (SSSR count). The summed E-state index contributed by atoms with van der Waals surface area (Å²) in [4.78, 5) is 0. The second-order valence-corrected chi connectivity index (χ2v) is 6.00. The van der Waals surface area contributed by atoms with Crippen LogP contribution in [0.2, 0.25) is 0 Å². The Labute approximate surface area is 95.6 Å². The highest BCUT2D eigenvalue weighted by Gasteiger charge is 2.21. The van der Waals surface area contributed by atoms with Crippen molar-refractivity contribution in [3.63, 3.8) is 0 Å². The normalized spacial score (nSPS) is 26.1. The van der Waals surface area contributed by atoms with Crippen LogP contribution in [-0.2, 0) is 0 Å². The molecule has 0 aliphatic carbocycles. The fourth-order valence-corrected chi connectivity index (χ4v) is 3.00. The Morgan fingerprint density at radius 3 is 2.93 bits per heavy atom. The fraction of sp³-hybridized carbons (Fsp3) is 0.727. The van der Waals surface area contributed by atoms with E-state index >= 15 is 0 Å². The molecule has 2 heterocycles. The van der Waals surface area contributed by atoms with Gasteiger partial charge in [-0.1, -0.05) is 6.92 Å². The smallest absolute Gasteiger partial charge is 0.0729 e. The van der Waals surface area contributed by atoms with Crippen molar-refractivity contribution in [2.24, 2.45) is 0 Å². The van der Waals surface area contributed by atoms with E-state index < -0.39 is 0 Å². The number of hydrogen-bond acceptors (Lipinski definition) is 3. The summed E-state index contributed by atoms with van der Waals surface area (Å²) in [7, 11) is 0. The van der Waals surface area contributed by atoms with Crippen molar-refractivity contribution in [2.45, 2.75) is 44.5 Å². The van der Waals surface area contributed by atoms with Crippen LogP contribution in [0, 0.1) is 0 Å². The van der Waals surface area contributed by atoms with Gasteiger partial charge in [0.05, 0.1) is 11.9 Å². The molecule has 1 fully saturated rings. The van der Waals surface area contributed by atoms with Crippen molar-refractivity contribution in [1.29, 1.82) is 0 Å². The third-order valence-electron chi connectivity index (χ3n) is 2.70. The maximum Gasteiger partial charge on any atom is 0.0729 e. The van der Waals surface area contributed by atoms with E-state index in [4.69, 9.17) is 0 Å². The van der Waals surface area contributed by atoms with Gasteiger partial charge in [0.2, 0.25) is 0 Å². The summed E-state index contributed by atoms with van der Waals surface area (Å²) < 4.78 is 1.99. The van der Waals surface area contributed by atoms with Gasteiger partial charge in [0.1, 0.15) is 0 Å². The lowest BCUT2D eigenvalue weighted by Crippen LogP contribution is -2.18. The maximum atomic E-state index is 4.32. The molecule has 1 aromatic rings. The van der Waals surface area contributed by atoms with Crippen LogP contribution in [-0.4, -0.2) is 26.8 Å². The summed E-state index contributed by atoms with van der Waals surface area (Å²) in [5.74, 6) is 1.22. The minimum Gasteiger partial charge on any atom is -0.379 e. The lowest BCUT2D eigenvalue weighted by Gasteiger charge is -2.10. The van der Waals surface area contributed by atoms with Gasteiger partial charge in [0.25, 0.3) is 0 Å². The molecule has 1 N–H and O–H groups in total. The van der Waals surface area contributed by atoms with Crippen molar-refractivity contribution >= 4 is 17.4 Å². The minimum atomic E-state index is 0.442. The van der Waals surface area contributed by atoms with Crippen LogP contribution in [0.5, 0.6) is 0 Å². The highest BCUT2D eigenvalue weighted by Crippen LogP contribution is 2.28. The van der Waals surface area contributed by atoms with E-state index in [0.29, 0.717) is 12.1 Å². The molecule has 1 aliphatic heterocycles. The first-order valence-corrected chi connectivity index (χ1v) is 6.62. The Bertz CT molecular complexity index is 321. The molecular formula is C11H19N3S. The molecule has 1 saturated heterocycles. The van der Waals surface area contributed by atoms with E-state index in [0.717, 1.165) is 10.9 Å². The number of anilines is 1. The second-order valence-electron chi connectivity index (χ2n) is 4.52. The quantitative estimate of drug-likeness (QED) is 0.858. The maximum absolute atomic E-state index is 4.32. The standard InChI is InChI=1S/C11H19N3S/c1-8(2)14-6-11(5-12-14)13-10-4-9(3)15-7-10/h5-6,8-10,13H,4,7H2,1-3H3. The van der Waals surface area contributed by atoms with Gasteiger partial charge in [-0.2, -0.15) is 16.9 Å². The highest BCUT2D eigenvalue weighted by molar-refractivity contribution is 8.00. The van der Waals surface area contributed by atoms with Crippen molar-refractivity contribution in [3.8, 4) is 0 Å². The van der Waals surface area contributed by atoms with Gasteiger partial charge in [0.15, 0.2) is 0 Å². The van der Waals surface area contributed by atoms with Crippen LogP contribution >= 0.6 is 11.8 Å². The van der Waals surface area contributed by atoms with Gasteiger partial charge in [-0.05, 0) is 20.3 Å². The molecular weight excluding hydrogens is 206 g/mol.